The van der Waals surface area contributed by atoms with Crippen LogP contribution in [0, 0.1) is 17.0 Å². The van der Waals surface area contributed by atoms with Crippen molar-refractivity contribution in [1.82, 2.24) is 25.2 Å². The summed E-state index contributed by atoms with van der Waals surface area (Å²) >= 11 is 1.09. The van der Waals surface area contributed by atoms with E-state index in [1.54, 1.807) is 24.3 Å². The number of carbonyl (C=O) groups is 1. The summed E-state index contributed by atoms with van der Waals surface area (Å²) in [5.74, 6) is -6.26. The number of aliphatic hydroxyl groups is 2. The molecule has 0 saturated heterocycles. The van der Waals surface area contributed by atoms with Crippen molar-refractivity contribution >= 4 is 17.3 Å². The van der Waals surface area contributed by atoms with Crippen molar-refractivity contribution < 1.29 is 42.0 Å². The number of hydrogen-bond donors (Lipinski definition) is 2. The van der Waals surface area contributed by atoms with E-state index in [0.717, 1.165) is 40.0 Å². The number of hydrogen-bond acceptors (Lipinski definition) is 10. The van der Waals surface area contributed by atoms with E-state index >= 15 is 8.78 Å². The number of methoxy groups -OCH3 is 1. The lowest BCUT2D eigenvalue weighted by Gasteiger charge is -2.74. The highest BCUT2D eigenvalue weighted by Gasteiger charge is 2.82. The summed E-state index contributed by atoms with van der Waals surface area (Å²) in [6.45, 7) is -0.971. The molecule has 2 aromatic heterocycles. The third-order valence-corrected chi connectivity index (χ3v) is 9.40. The summed E-state index contributed by atoms with van der Waals surface area (Å²) in [5.41, 5.74) is -5.07. The van der Waals surface area contributed by atoms with E-state index in [4.69, 9.17) is 4.74 Å². The first-order valence-electron chi connectivity index (χ1n) is 13.1. The molecule has 15 heteroatoms. The summed E-state index contributed by atoms with van der Waals surface area (Å²) < 4.78 is 72.3. The minimum atomic E-state index is -3.82. The lowest BCUT2D eigenvalue weighted by molar-refractivity contribution is -0.347. The van der Waals surface area contributed by atoms with Gasteiger partial charge >= 0.3 is 5.97 Å². The fraction of sp³-hybridized carbons (Fsp3) is 0.393. The van der Waals surface area contributed by atoms with Crippen LogP contribution in [0.5, 0.6) is 5.75 Å². The Morgan fingerprint density at radius 2 is 1.88 bits per heavy atom. The SMILES string of the molecule is COC(=O)c1csc([C@@H](O)COc2ccc(C34CC(C(F)(F)[C@@](O)(Cn5cnnn5)c5ccc(F)cc5F)(C3)C4)cc2)n1. The fourth-order valence-corrected chi connectivity index (χ4v) is 7.08. The van der Waals surface area contributed by atoms with Gasteiger partial charge in [-0.2, -0.15) is 0 Å². The van der Waals surface area contributed by atoms with E-state index in [2.05, 4.69) is 25.2 Å². The molecule has 10 nitrogen and oxygen atoms in total. The van der Waals surface area contributed by atoms with Crippen LogP contribution >= 0.6 is 11.3 Å². The van der Waals surface area contributed by atoms with Crippen molar-refractivity contribution in [3.05, 3.63) is 87.6 Å². The molecule has 43 heavy (non-hydrogen) atoms. The molecule has 7 rings (SSSR count). The van der Waals surface area contributed by atoms with Crippen molar-refractivity contribution in [2.75, 3.05) is 13.7 Å². The van der Waals surface area contributed by atoms with E-state index in [0.29, 0.717) is 11.8 Å². The molecule has 3 fully saturated rings. The van der Waals surface area contributed by atoms with E-state index < -0.39 is 58.2 Å². The van der Waals surface area contributed by atoms with Crippen LogP contribution < -0.4 is 4.74 Å². The van der Waals surface area contributed by atoms with Crippen molar-refractivity contribution in [1.29, 1.82) is 0 Å². The summed E-state index contributed by atoms with van der Waals surface area (Å²) in [7, 11) is 1.23. The number of tetrazole rings is 1. The van der Waals surface area contributed by atoms with Crippen molar-refractivity contribution in [2.24, 2.45) is 5.41 Å². The predicted octanol–water partition coefficient (Wildman–Crippen LogP) is 3.95. The smallest absolute Gasteiger partial charge is 0.357 e. The summed E-state index contributed by atoms with van der Waals surface area (Å²) in [5, 5.41) is 34.0. The fourth-order valence-electron chi connectivity index (χ4n) is 6.32. The number of ether oxygens (including phenoxy) is 2. The monoisotopic (exact) mass is 619 g/mol. The Labute approximate surface area is 245 Å². The van der Waals surface area contributed by atoms with Crippen LogP contribution in [-0.4, -0.2) is 61.0 Å². The second kappa shape index (κ2) is 10.3. The van der Waals surface area contributed by atoms with Gasteiger partial charge in [-0.3, -0.25) is 0 Å². The molecule has 2 bridgehead atoms. The van der Waals surface area contributed by atoms with Crippen LogP contribution in [0.2, 0.25) is 0 Å². The van der Waals surface area contributed by atoms with Crippen LogP contribution in [0.1, 0.15) is 52.0 Å². The first kappa shape index (κ1) is 29.1. The lowest BCUT2D eigenvalue weighted by Crippen LogP contribution is -2.76. The Kier molecular flexibility index (Phi) is 7.01. The Hall–Kier alpha value is -3.95. The van der Waals surface area contributed by atoms with Gasteiger partial charge in [0.15, 0.2) is 11.3 Å². The van der Waals surface area contributed by atoms with Crippen LogP contribution in [0.25, 0.3) is 0 Å². The number of aliphatic hydroxyl groups excluding tert-OH is 1. The molecule has 3 saturated carbocycles. The number of aromatic nitrogens is 5. The van der Waals surface area contributed by atoms with Gasteiger partial charge in [-0.05, 0) is 64.9 Å². The zero-order valence-electron chi connectivity index (χ0n) is 22.6. The summed E-state index contributed by atoms with van der Waals surface area (Å²) in [4.78, 5) is 15.6. The minimum Gasteiger partial charge on any atom is -0.490 e. The maximum absolute atomic E-state index is 16.4. The number of thiazole rings is 1. The van der Waals surface area contributed by atoms with E-state index in [9.17, 15) is 23.8 Å². The number of halogens is 4. The van der Waals surface area contributed by atoms with Crippen LogP contribution in [0.15, 0.2) is 54.2 Å². The quantitative estimate of drug-likeness (QED) is 0.189. The van der Waals surface area contributed by atoms with E-state index in [1.165, 1.54) is 12.5 Å². The Morgan fingerprint density at radius 1 is 1.16 bits per heavy atom. The van der Waals surface area contributed by atoms with Gasteiger partial charge in [-0.25, -0.2) is 32.0 Å². The number of alkyl halides is 2. The molecule has 0 unspecified atom stereocenters. The van der Waals surface area contributed by atoms with Crippen LogP contribution in [0.3, 0.4) is 0 Å². The maximum Gasteiger partial charge on any atom is 0.357 e. The molecule has 226 valence electrons. The van der Waals surface area contributed by atoms with Gasteiger partial charge < -0.3 is 19.7 Å². The normalized spacial score (nSPS) is 23.0. The molecule has 2 N–H and O–H groups in total. The summed E-state index contributed by atoms with van der Waals surface area (Å²) in [6, 6.07) is 8.95. The first-order chi connectivity index (χ1) is 20.4. The van der Waals surface area contributed by atoms with Crippen molar-refractivity contribution in [3.63, 3.8) is 0 Å². The number of rotatable bonds is 11. The third kappa shape index (κ3) is 4.66. The third-order valence-electron chi connectivity index (χ3n) is 8.45. The number of carbonyl (C=O) groups excluding carboxylic acids is 1. The summed E-state index contributed by atoms with van der Waals surface area (Å²) in [6.07, 6.45) is 0.0730. The molecule has 2 heterocycles. The topological polar surface area (TPSA) is 132 Å². The molecular formula is C28H25F4N5O5S. The molecule has 2 atom stereocenters. The van der Waals surface area contributed by atoms with Gasteiger partial charge in [0.2, 0.25) is 0 Å². The zero-order chi connectivity index (χ0) is 30.6. The maximum atomic E-state index is 16.4. The van der Waals surface area contributed by atoms with E-state index in [1.807, 2.05) is 0 Å². The minimum absolute atomic E-state index is 0.0409. The Morgan fingerprint density at radius 3 is 2.51 bits per heavy atom. The standard InChI is InChI=1S/C28H25F4N5O5S/c1-41-24(39)21-10-43-23(34-21)22(38)9-42-18-5-2-16(3-6-18)25-11-26(12-25,13-25)28(31,32)27(40,14-37-15-33-35-36-37)19-7-4-17(29)8-20(19)30/h2-8,10,15,22,38,40H,9,11-14H2,1H3/t22-,25?,26?,27+/m0/s1. The second-order valence-corrected chi connectivity index (χ2v) is 12.0. The molecule has 2 aromatic carbocycles. The number of esters is 1. The zero-order valence-corrected chi connectivity index (χ0v) is 23.4. The molecule has 3 aliphatic carbocycles. The molecule has 0 aliphatic heterocycles. The first-order valence-corrected chi connectivity index (χ1v) is 14.0. The average molecular weight is 620 g/mol. The number of benzene rings is 2. The highest BCUT2D eigenvalue weighted by Crippen LogP contribution is 2.80. The Bertz CT molecular complexity index is 1630. The van der Waals surface area contributed by atoms with E-state index in [-0.39, 0.29) is 36.6 Å². The molecule has 0 spiro atoms. The van der Waals surface area contributed by atoms with Crippen LogP contribution in [-0.2, 0) is 22.3 Å². The molecule has 0 radical (unpaired) electrons. The average Bonchev–Trinajstić information content (AvgIpc) is 3.63. The molecule has 0 amide bonds. The van der Waals surface area contributed by atoms with Crippen molar-refractivity contribution in [3.8, 4) is 5.75 Å². The van der Waals surface area contributed by atoms with Crippen LogP contribution in [0.4, 0.5) is 17.6 Å². The van der Waals surface area contributed by atoms with Gasteiger partial charge in [0.05, 0.1) is 13.7 Å². The highest BCUT2D eigenvalue weighted by molar-refractivity contribution is 7.09. The van der Waals surface area contributed by atoms with Gasteiger partial charge in [-0.1, -0.05) is 12.1 Å². The predicted molar refractivity (Wildman–Crippen MR) is 141 cm³/mol. The number of nitrogens with zero attached hydrogens (tertiary/aromatic N) is 5. The Balaban J connectivity index is 1.14. The van der Waals surface area contributed by atoms with Gasteiger partial charge in [0, 0.05) is 22.4 Å². The lowest BCUT2D eigenvalue weighted by atomic mass is 9.30. The van der Waals surface area contributed by atoms with Gasteiger partial charge in [0.25, 0.3) is 5.92 Å². The molecular weight excluding hydrogens is 594 g/mol. The second-order valence-electron chi connectivity index (χ2n) is 11.1. The molecule has 3 aliphatic rings. The highest BCUT2D eigenvalue weighted by atomic mass is 32.1. The van der Waals surface area contributed by atoms with Gasteiger partial charge in [0.1, 0.15) is 41.4 Å². The van der Waals surface area contributed by atoms with Crippen molar-refractivity contribution in [2.45, 2.75) is 48.8 Å². The largest absolute Gasteiger partial charge is 0.490 e. The molecule has 4 aromatic rings. The van der Waals surface area contributed by atoms with Gasteiger partial charge in [-0.15, -0.1) is 16.4 Å².